The summed E-state index contributed by atoms with van der Waals surface area (Å²) in [7, 11) is 0. The molecule has 0 aliphatic rings. The van der Waals surface area contributed by atoms with Crippen LogP contribution in [0.5, 0.6) is 5.75 Å². The molecular formula is C16H13BrF3NO3. The molecule has 8 heteroatoms. The number of halogens is 4. The molecule has 2 aromatic rings. The Hall–Kier alpha value is -2.06. The average Bonchev–Trinajstić information content (AvgIpc) is 2.54. The maximum absolute atomic E-state index is 13.5. The van der Waals surface area contributed by atoms with Gasteiger partial charge in [-0.25, -0.2) is 0 Å². The van der Waals surface area contributed by atoms with Crippen LogP contribution in [-0.2, 0) is 5.60 Å². The van der Waals surface area contributed by atoms with Crippen molar-refractivity contribution in [1.82, 2.24) is 0 Å². The van der Waals surface area contributed by atoms with Crippen molar-refractivity contribution >= 4 is 21.6 Å². The van der Waals surface area contributed by atoms with Crippen LogP contribution in [0, 0.1) is 0 Å². The summed E-state index contributed by atoms with van der Waals surface area (Å²) in [6.07, 6.45) is -6.09. The van der Waals surface area contributed by atoms with E-state index in [-0.39, 0.29) is 11.3 Å². The second-order valence-electron chi connectivity index (χ2n) is 5.11. The molecule has 0 radical (unpaired) electrons. The van der Waals surface area contributed by atoms with Gasteiger partial charge in [-0.1, -0.05) is 51.4 Å². The van der Waals surface area contributed by atoms with Crippen molar-refractivity contribution in [3.63, 3.8) is 0 Å². The molecule has 0 amide bonds. The Morgan fingerprint density at radius 3 is 2.25 bits per heavy atom. The van der Waals surface area contributed by atoms with E-state index in [4.69, 9.17) is 5.21 Å². The summed E-state index contributed by atoms with van der Waals surface area (Å²) in [4.78, 5) is 0. The Labute approximate surface area is 144 Å². The predicted molar refractivity (Wildman–Crippen MR) is 85.1 cm³/mol. The number of aliphatic hydroxyl groups is 1. The van der Waals surface area contributed by atoms with Gasteiger partial charge in [0.15, 0.2) is 5.60 Å². The highest BCUT2D eigenvalue weighted by atomic mass is 79.9. The summed E-state index contributed by atoms with van der Waals surface area (Å²) >= 11 is 3.13. The third-order valence-electron chi connectivity index (χ3n) is 3.53. The van der Waals surface area contributed by atoms with E-state index in [1.165, 1.54) is 36.4 Å². The molecule has 128 valence electrons. The van der Waals surface area contributed by atoms with Crippen LogP contribution in [0.4, 0.5) is 13.2 Å². The van der Waals surface area contributed by atoms with Crippen LogP contribution < -0.4 is 0 Å². The van der Waals surface area contributed by atoms with Crippen LogP contribution in [0.2, 0.25) is 0 Å². The van der Waals surface area contributed by atoms with E-state index in [1.54, 1.807) is 0 Å². The molecule has 0 bridgehead atoms. The number of aromatic hydroxyl groups is 1. The number of alkyl halides is 3. The number of hydrogen-bond donors (Lipinski definition) is 3. The van der Waals surface area contributed by atoms with Gasteiger partial charge in [0.2, 0.25) is 0 Å². The lowest BCUT2D eigenvalue weighted by molar-refractivity contribution is -0.263. The van der Waals surface area contributed by atoms with Crippen LogP contribution in [0.25, 0.3) is 0 Å². The number of benzene rings is 2. The van der Waals surface area contributed by atoms with Crippen molar-refractivity contribution in [3.05, 3.63) is 64.1 Å². The Kier molecular flexibility index (Phi) is 5.19. The van der Waals surface area contributed by atoms with Crippen LogP contribution in [0.1, 0.15) is 17.5 Å². The fraction of sp³-hybridized carbons (Fsp3) is 0.188. The van der Waals surface area contributed by atoms with Crippen molar-refractivity contribution in [2.75, 3.05) is 0 Å². The maximum Gasteiger partial charge on any atom is 0.421 e. The second kappa shape index (κ2) is 6.82. The van der Waals surface area contributed by atoms with E-state index in [0.717, 1.165) is 12.1 Å². The summed E-state index contributed by atoms with van der Waals surface area (Å²) in [5, 5.41) is 32.2. The normalized spacial score (nSPS) is 15.1. The van der Waals surface area contributed by atoms with Gasteiger partial charge in [0.05, 0.1) is 5.71 Å². The summed E-state index contributed by atoms with van der Waals surface area (Å²) < 4.78 is 41.0. The molecule has 2 rings (SSSR count). The molecule has 0 aromatic heterocycles. The first-order chi connectivity index (χ1) is 11.2. The van der Waals surface area contributed by atoms with Crippen LogP contribution in [-0.4, -0.2) is 27.3 Å². The van der Waals surface area contributed by atoms with Crippen molar-refractivity contribution < 1.29 is 28.6 Å². The Balaban J connectivity index is 2.52. The van der Waals surface area contributed by atoms with Gasteiger partial charge in [0.25, 0.3) is 0 Å². The first kappa shape index (κ1) is 18.3. The topological polar surface area (TPSA) is 73.1 Å². The number of phenolic OH excluding ortho intramolecular Hbond substituents is 1. The zero-order valence-electron chi connectivity index (χ0n) is 12.1. The number of oxime groups is 1. The third kappa shape index (κ3) is 3.54. The first-order valence-electron chi connectivity index (χ1n) is 6.73. The van der Waals surface area contributed by atoms with Crippen molar-refractivity contribution in [2.24, 2.45) is 5.16 Å². The van der Waals surface area contributed by atoms with E-state index < -0.39 is 29.5 Å². The minimum atomic E-state index is -5.02. The summed E-state index contributed by atoms with van der Waals surface area (Å²) in [5.41, 5.74) is -4.29. The fourth-order valence-corrected chi connectivity index (χ4v) is 2.61. The molecule has 2 aromatic carbocycles. The SMILES string of the molecule is O/N=C(/C[C@](O)(c1ccccc1)C(F)(F)F)c1cc(Br)ccc1O. The highest BCUT2D eigenvalue weighted by Crippen LogP contribution is 2.43. The molecule has 0 aliphatic carbocycles. The van der Waals surface area contributed by atoms with E-state index in [0.29, 0.717) is 4.47 Å². The molecule has 0 saturated heterocycles. The van der Waals surface area contributed by atoms with Gasteiger partial charge in [0, 0.05) is 16.5 Å². The zero-order chi connectivity index (χ0) is 18.0. The minimum absolute atomic E-state index is 0.120. The number of nitrogens with zero attached hydrogens (tertiary/aromatic N) is 1. The maximum atomic E-state index is 13.5. The quantitative estimate of drug-likeness (QED) is 0.407. The fourth-order valence-electron chi connectivity index (χ4n) is 2.25. The lowest BCUT2D eigenvalue weighted by Gasteiger charge is -2.31. The van der Waals surface area contributed by atoms with E-state index >= 15 is 0 Å². The molecule has 1 atom stereocenters. The molecular weight excluding hydrogens is 391 g/mol. The number of hydrogen-bond acceptors (Lipinski definition) is 4. The van der Waals surface area contributed by atoms with E-state index in [2.05, 4.69) is 21.1 Å². The molecule has 0 saturated carbocycles. The monoisotopic (exact) mass is 403 g/mol. The molecule has 0 fully saturated rings. The summed E-state index contributed by atoms with van der Waals surface area (Å²) in [5.74, 6) is -0.372. The molecule has 0 aliphatic heterocycles. The Morgan fingerprint density at radius 1 is 1.08 bits per heavy atom. The minimum Gasteiger partial charge on any atom is -0.507 e. The van der Waals surface area contributed by atoms with Crippen LogP contribution in [0.3, 0.4) is 0 Å². The lowest BCUT2D eigenvalue weighted by Crippen LogP contribution is -2.44. The first-order valence-corrected chi connectivity index (χ1v) is 7.53. The third-order valence-corrected chi connectivity index (χ3v) is 4.03. The second-order valence-corrected chi connectivity index (χ2v) is 6.02. The Morgan fingerprint density at radius 2 is 1.71 bits per heavy atom. The molecule has 3 N–H and O–H groups in total. The van der Waals surface area contributed by atoms with Gasteiger partial charge >= 0.3 is 6.18 Å². The predicted octanol–water partition coefficient (Wildman–Crippen LogP) is 4.17. The molecule has 0 spiro atoms. The largest absolute Gasteiger partial charge is 0.507 e. The van der Waals surface area contributed by atoms with Gasteiger partial charge in [-0.2, -0.15) is 13.2 Å². The molecule has 24 heavy (non-hydrogen) atoms. The highest BCUT2D eigenvalue weighted by molar-refractivity contribution is 9.10. The zero-order valence-corrected chi connectivity index (χ0v) is 13.7. The summed E-state index contributed by atoms with van der Waals surface area (Å²) in [6, 6.07) is 10.5. The highest BCUT2D eigenvalue weighted by Gasteiger charge is 2.55. The van der Waals surface area contributed by atoms with E-state index in [1.807, 2.05) is 0 Å². The number of phenols is 1. The van der Waals surface area contributed by atoms with Crippen LogP contribution in [0.15, 0.2) is 58.2 Å². The lowest BCUT2D eigenvalue weighted by atomic mass is 9.86. The van der Waals surface area contributed by atoms with Gasteiger partial charge < -0.3 is 15.4 Å². The van der Waals surface area contributed by atoms with Gasteiger partial charge in [-0.05, 0) is 23.8 Å². The van der Waals surface area contributed by atoms with Crippen molar-refractivity contribution in [2.45, 2.75) is 18.2 Å². The van der Waals surface area contributed by atoms with Crippen LogP contribution >= 0.6 is 15.9 Å². The van der Waals surface area contributed by atoms with E-state index in [9.17, 15) is 23.4 Å². The Bertz CT molecular complexity index is 750. The average molecular weight is 404 g/mol. The molecule has 0 unspecified atom stereocenters. The van der Waals surface area contributed by atoms with Gasteiger partial charge in [0.1, 0.15) is 5.75 Å². The van der Waals surface area contributed by atoms with Gasteiger partial charge in [-0.3, -0.25) is 0 Å². The smallest absolute Gasteiger partial charge is 0.421 e. The van der Waals surface area contributed by atoms with Crippen molar-refractivity contribution in [1.29, 1.82) is 0 Å². The molecule has 4 nitrogen and oxygen atoms in total. The standard InChI is InChI=1S/C16H13BrF3NO3/c17-11-6-7-14(22)12(8-11)13(21-24)9-15(23,16(18,19)20)10-4-2-1-3-5-10/h1-8,22-24H,9H2/b21-13-/t15-/m0/s1. The van der Waals surface area contributed by atoms with Gasteiger partial charge in [-0.15, -0.1) is 0 Å². The molecule has 0 heterocycles. The van der Waals surface area contributed by atoms with Crippen molar-refractivity contribution in [3.8, 4) is 5.75 Å². The summed E-state index contributed by atoms with van der Waals surface area (Å²) in [6.45, 7) is 0. The number of rotatable bonds is 4.